The molecule has 1 saturated carbocycles. The number of para-hydroxylation sites is 2. The highest BCUT2D eigenvalue weighted by Crippen LogP contribution is 2.26. The van der Waals surface area contributed by atoms with E-state index in [-0.39, 0.29) is 5.92 Å². The summed E-state index contributed by atoms with van der Waals surface area (Å²) in [5, 5.41) is 0. The lowest BCUT2D eigenvalue weighted by molar-refractivity contribution is -0.138. The molecular formula is C26H32N4O. The maximum Gasteiger partial charge on any atom is 0.225 e. The lowest BCUT2D eigenvalue weighted by atomic mass is 9.88. The molecule has 0 atom stereocenters. The smallest absolute Gasteiger partial charge is 0.225 e. The number of nitrogens with zero attached hydrogens (tertiary/aromatic N) is 4. The van der Waals surface area contributed by atoms with E-state index in [0.717, 1.165) is 63.5 Å². The second kappa shape index (κ2) is 9.23. The first kappa shape index (κ1) is 20.3. The van der Waals surface area contributed by atoms with Gasteiger partial charge in [-0.05, 0) is 30.5 Å². The first-order valence-corrected chi connectivity index (χ1v) is 11.8. The summed E-state index contributed by atoms with van der Waals surface area (Å²) in [6, 6.07) is 19.0. The van der Waals surface area contributed by atoms with Crippen LogP contribution in [0.15, 0.2) is 54.6 Å². The fraction of sp³-hybridized carbons (Fsp3) is 0.462. The number of benzene rings is 2. The summed E-state index contributed by atoms with van der Waals surface area (Å²) < 4.78 is 2.35. The Bertz CT molecular complexity index is 1010. The van der Waals surface area contributed by atoms with E-state index in [0.29, 0.717) is 5.91 Å². The van der Waals surface area contributed by atoms with Crippen LogP contribution >= 0.6 is 0 Å². The van der Waals surface area contributed by atoms with Crippen molar-refractivity contribution in [2.24, 2.45) is 5.92 Å². The van der Waals surface area contributed by atoms with Crippen LogP contribution in [0.3, 0.4) is 0 Å². The fourth-order valence-electron chi connectivity index (χ4n) is 5.12. The molecule has 5 heteroatoms. The molecule has 2 fully saturated rings. The average molecular weight is 417 g/mol. The fourth-order valence-corrected chi connectivity index (χ4v) is 5.12. The third kappa shape index (κ3) is 4.52. The second-order valence-electron chi connectivity index (χ2n) is 9.02. The normalized spacial score (nSPS) is 18.5. The third-order valence-electron chi connectivity index (χ3n) is 6.92. The molecule has 31 heavy (non-hydrogen) atoms. The minimum Gasteiger partial charge on any atom is -0.340 e. The molecule has 1 amide bonds. The Kier molecular flexibility index (Phi) is 6.03. The standard InChI is InChI=1S/C26H32N4O/c31-26(22-11-5-2-6-12-22)29-17-15-28(16-18-29)20-25-27-23-13-7-8-14-24(23)30(25)19-21-9-3-1-4-10-21/h1,3-4,7-10,13-14,22H,2,5-6,11-12,15-20H2. The first-order chi connectivity index (χ1) is 15.3. The average Bonchev–Trinajstić information content (AvgIpc) is 3.17. The molecule has 3 aromatic rings. The summed E-state index contributed by atoms with van der Waals surface area (Å²) in [4.78, 5) is 22.4. The van der Waals surface area contributed by atoms with Crippen LogP contribution in [0.2, 0.25) is 0 Å². The number of amides is 1. The lowest BCUT2D eigenvalue weighted by Gasteiger charge is -2.37. The van der Waals surface area contributed by atoms with Gasteiger partial charge in [-0.3, -0.25) is 9.69 Å². The number of carbonyl (C=O) groups excluding carboxylic acids is 1. The molecule has 0 spiro atoms. The molecule has 162 valence electrons. The Labute approximate surface area is 184 Å². The largest absolute Gasteiger partial charge is 0.340 e. The highest BCUT2D eigenvalue weighted by Gasteiger charge is 2.28. The molecule has 5 rings (SSSR count). The van der Waals surface area contributed by atoms with Crippen molar-refractivity contribution in [3.05, 3.63) is 66.0 Å². The number of carbonyl (C=O) groups is 1. The van der Waals surface area contributed by atoms with Gasteiger partial charge in [-0.15, -0.1) is 0 Å². The molecule has 0 bridgehead atoms. The molecule has 1 aliphatic heterocycles. The first-order valence-electron chi connectivity index (χ1n) is 11.8. The van der Waals surface area contributed by atoms with Gasteiger partial charge in [-0.2, -0.15) is 0 Å². The summed E-state index contributed by atoms with van der Waals surface area (Å²) in [6.07, 6.45) is 5.90. The summed E-state index contributed by atoms with van der Waals surface area (Å²) in [7, 11) is 0. The van der Waals surface area contributed by atoms with Crippen molar-refractivity contribution in [1.29, 1.82) is 0 Å². The van der Waals surface area contributed by atoms with Crippen LogP contribution in [0.5, 0.6) is 0 Å². The van der Waals surface area contributed by atoms with Crippen molar-refractivity contribution < 1.29 is 4.79 Å². The van der Waals surface area contributed by atoms with E-state index in [9.17, 15) is 4.79 Å². The molecule has 1 saturated heterocycles. The minimum atomic E-state index is 0.273. The molecule has 0 N–H and O–H groups in total. The predicted molar refractivity (Wildman–Crippen MR) is 124 cm³/mol. The van der Waals surface area contributed by atoms with Crippen molar-refractivity contribution in [3.8, 4) is 0 Å². The van der Waals surface area contributed by atoms with E-state index in [1.807, 2.05) is 0 Å². The molecular weight excluding hydrogens is 384 g/mol. The van der Waals surface area contributed by atoms with Gasteiger partial charge < -0.3 is 9.47 Å². The van der Waals surface area contributed by atoms with E-state index in [4.69, 9.17) is 4.98 Å². The Balaban J connectivity index is 1.28. The van der Waals surface area contributed by atoms with Gasteiger partial charge >= 0.3 is 0 Å². The molecule has 5 nitrogen and oxygen atoms in total. The van der Waals surface area contributed by atoms with Gasteiger partial charge in [0.2, 0.25) is 5.91 Å². The molecule has 0 unspecified atom stereocenters. The molecule has 2 aromatic carbocycles. The van der Waals surface area contributed by atoms with Gasteiger partial charge in [0.05, 0.1) is 17.6 Å². The third-order valence-corrected chi connectivity index (χ3v) is 6.92. The van der Waals surface area contributed by atoms with Gasteiger partial charge in [0.25, 0.3) is 0 Å². The maximum atomic E-state index is 12.9. The SMILES string of the molecule is O=C(C1CCCCC1)N1CCN(Cc2nc3ccccc3n2Cc2ccccc2)CC1. The van der Waals surface area contributed by atoms with E-state index in [2.05, 4.69) is 69.0 Å². The number of aromatic nitrogens is 2. The van der Waals surface area contributed by atoms with Crippen LogP contribution < -0.4 is 0 Å². The summed E-state index contributed by atoms with van der Waals surface area (Å²) in [5.41, 5.74) is 3.53. The molecule has 2 aliphatic rings. The predicted octanol–water partition coefficient (Wildman–Crippen LogP) is 4.31. The van der Waals surface area contributed by atoms with Crippen LogP contribution in [0.1, 0.15) is 43.5 Å². The molecule has 0 radical (unpaired) electrons. The van der Waals surface area contributed by atoms with Gasteiger partial charge in [0.15, 0.2) is 0 Å². The van der Waals surface area contributed by atoms with Crippen molar-refractivity contribution in [2.45, 2.75) is 45.2 Å². The maximum absolute atomic E-state index is 12.9. The van der Waals surface area contributed by atoms with Crippen LogP contribution in [0.25, 0.3) is 11.0 Å². The molecule has 1 aliphatic carbocycles. The zero-order valence-corrected chi connectivity index (χ0v) is 18.2. The van der Waals surface area contributed by atoms with Gasteiger partial charge in [0, 0.05) is 38.6 Å². The lowest BCUT2D eigenvalue weighted by Crippen LogP contribution is -2.50. The Morgan fingerprint density at radius 3 is 2.32 bits per heavy atom. The summed E-state index contributed by atoms with van der Waals surface area (Å²) in [6.45, 7) is 5.19. The Morgan fingerprint density at radius 2 is 1.55 bits per heavy atom. The van der Waals surface area contributed by atoms with Gasteiger partial charge in [0.1, 0.15) is 5.82 Å². The number of rotatable bonds is 5. The summed E-state index contributed by atoms with van der Waals surface area (Å²) in [5.74, 6) is 1.78. The number of imidazole rings is 1. The van der Waals surface area contributed by atoms with E-state index in [1.54, 1.807) is 0 Å². The Morgan fingerprint density at radius 1 is 0.839 bits per heavy atom. The zero-order chi connectivity index (χ0) is 21.0. The highest BCUT2D eigenvalue weighted by molar-refractivity contribution is 5.79. The van der Waals surface area contributed by atoms with E-state index >= 15 is 0 Å². The second-order valence-corrected chi connectivity index (χ2v) is 9.02. The minimum absolute atomic E-state index is 0.273. The topological polar surface area (TPSA) is 41.4 Å². The van der Waals surface area contributed by atoms with Gasteiger partial charge in [-0.25, -0.2) is 4.98 Å². The number of hydrogen-bond donors (Lipinski definition) is 0. The van der Waals surface area contributed by atoms with Crippen molar-refractivity contribution in [2.75, 3.05) is 26.2 Å². The highest BCUT2D eigenvalue weighted by atomic mass is 16.2. The van der Waals surface area contributed by atoms with E-state index < -0.39 is 0 Å². The zero-order valence-electron chi connectivity index (χ0n) is 18.2. The van der Waals surface area contributed by atoms with Crippen molar-refractivity contribution in [1.82, 2.24) is 19.4 Å². The van der Waals surface area contributed by atoms with Gasteiger partial charge in [-0.1, -0.05) is 61.7 Å². The number of piperazine rings is 1. The van der Waals surface area contributed by atoms with Crippen LogP contribution in [-0.2, 0) is 17.9 Å². The quantitative estimate of drug-likeness (QED) is 0.622. The summed E-state index contributed by atoms with van der Waals surface area (Å²) >= 11 is 0. The number of fused-ring (bicyclic) bond motifs is 1. The Hall–Kier alpha value is -2.66. The molecule has 1 aromatic heterocycles. The van der Waals surface area contributed by atoms with Crippen LogP contribution in [0.4, 0.5) is 0 Å². The van der Waals surface area contributed by atoms with Crippen molar-refractivity contribution >= 4 is 16.9 Å². The van der Waals surface area contributed by atoms with E-state index in [1.165, 1.54) is 30.3 Å². The molecule has 2 heterocycles. The number of hydrogen-bond acceptors (Lipinski definition) is 3. The monoisotopic (exact) mass is 416 g/mol. The van der Waals surface area contributed by atoms with Crippen molar-refractivity contribution in [3.63, 3.8) is 0 Å². The van der Waals surface area contributed by atoms with Crippen LogP contribution in [0, 0.1) is 5.92 Å². The van der Waals surface area contributed by atoms with Crippen LogP contribution in [-0.4, -0.2) is 51.4 Å².